The Morgan fingerprint density at radius 2 is 1.71 bits per heavy atom. The summed E-state index contributed by atoms with van der Waals surface area (Å²) in [6.45, 7) is 13.3. The van der Waals surface area contributed by atoms with Crippen molar-refractivity contribution in [3.05, 3.63) is 102 Å². The fourth-order valence-corrected chi connectivity index (χ4v) is 3.63. The monoisotopic (exact) mass is 571 g/mol. The van der Waals surface area contributed by atoms with Crippen LogP contribution in [0.2, 0.25) is 0 Å². The topological polar surface area (TPSA) is 142 Å². The maximum absolute atomic E-state index is 12.5. The second kappa shape index (κ2) is 15.2. The third-order valence-corrected chi connectivity index (χ3v) is 6.08. The van der Waals surface area contributed by atoms with Gasteiger partial charge in [-0.15, -0.1) is 0 Å². The largest absolute Gasteiger partial charge is 0.496 e. The zero-order valence-corrected chi connectivity index (χ0v) is 25.2. The van der Waals surface area contributed by atoms with Gasteiger partial charge in [-0.3, -0.25) is 14.4 Å². The first-order chi connectivity index (χ1) is 19.8. The summed E-state index contributed by atoms with van der Waals surface area (Å²) >= 11 is 0. The molecule has 0 spiro atoms. The number of ketones is 1. The van der Waals surface area contributed by atoms with Crippen LogP contribution in [-0.2, 0) is 17.9 Å². The molecule has 42 heavy (non-hydrogen) atoms. The highest BCUT2D eigenvalue weighted by Gasteiger charge is 2.26. The molecule has 0 aliphatic heterocycles. The number of Topliss-reactive ketones (excluding diaryl/α,β-unsaturated/α-hetero) is 1. The quantitative estimate of drug-likeness (QED) is 0.275. The average molecular weight is 572 g/mol. The van der Waals surface area contributed by atoms with Crippen molar-refractivity contribution in [2.75, 3.05) is 12.8 Å². The van der Waals surface area contributed by atoms with Gasteiger partial charge in [0, 0.05) is 17.5 Å². The molecule has 0 saturated carbocycles. The molecule has 5 N–H and O–H groups in total. The van der Waals surface area contributed by atoms with Crippen LogP contribution < -0.4 is 21.5 Å². The maximum Gasteiger partial charge on any atom is 0.255 e. The summed E-state index contributed by atoms with van der Waals surface area (Å²) in [6, 6.07) is 14.1. The number of benzene rings is 2. The van der Waals surface area contributed by atoms with E-state index in [2.05, 4.69) is 17.0 Å². The van der Waals surface area contributed by atoms with Gasteiger partial charge in [0.05, 0.1) is 12.7 Å². The molecule has 0 aliphatic rings. The number of aromatic nitrogens is 2. The Morgan fingerprint density at radius 1 is 1.07 bits per heavy atom. The summed E-state index contributed by atoms with van der Waals surface area (Å²) in [4.78, 5) is 37.1. The average Bonchev–Trinajstić information content (AvgIpc) is 3.27. The van der Waals surface area contributed by atoms with E-state index in [-0.39, 0.29) is 36.2 Å². The SMILES string of the molecule is C=C(C)/C=C\C=C/C.COc1ccccc1C(=O)NCc1ccc(-c2nn(CC(=O)C(C)(C)C)c(N)c2C(N)=O)cc1. The van der Waals surface area contributed by atoms with Crippen molar-refractivity contribution in [2.45, 2.75) is 47.7 Å². The fourth-order valence-electron chi connectivity index (χ4n) is 3.63. The number of ether oxygens (including phenoxy) is 1. The predicted octanol–water partition coefficient (Wildman–Crippen LogP) is 5.48. The Bertz CT molecular complexity index is 1480. The lowest BCUT2D eigenvalue weighted by Gasteiger charge is -2.16. The van der Waals surface area contributed by atoms with Crippen molar-refractivity contribution in [2.24, 2.45) is 11.1 Å². The van der Waals surface area contributed by atoms with Gasteiger partial charge in [0.1, 0.15) is 29.4 Å². The highest BCUT2D eigenvalue weighted by Crippen LogP contribution is 2.28. The minimum atomic E-state index is -0.727. The lowest BCUT2D eigenvalue weighted by Crippen LogP contribution is -2.26. The van der Waals surface area contributed by atoms with Gasteiger partial charge < -0.3 is 21.5 Å². The van der Waals surface area contributed by atoms with Crippen molar-refractivity contribution in [3.8, 4) is 17.0 Å². The smallest absolute Gasteiger partial charge is 0.255 e. The van der Waals surface area contributed by atoms with Crippen molar-refractivity contribution in [1.82, 2.24) is 15.1 Å². The number of rotatable bonds is 10. The minimum absolute atomic E-state index is 0.0493. The molecule has 0 radical (unpaired) electrons. The number of anilines is 1. The van der Waals surface area contributed by atoms with Gasteiger partial charge in [-0.05, 0) is 31.5 Å². The second-order valence-electron chi connectivity index (χ2n) is 10.6. The number of nitrogens with two attached hydrogens (primary N) is 2. The Morgan fingerprint density at radius 3 is 2.26 bits per heavy atom. The number of amides is 2. The van der Waals surface area contributed by atoms with E-state index in [0.29, 0.717) is 22.6 Å². The lowest BCUT2D eigenvalue weighted by molar-refractivity contribution is -0.127. The molecule has 0 atom stereocenters. The van der Waals surface area contributed by atoms with Crippen LogP contribution in [0.1, 0.15) is 60.9 Å². The van der Waals surface area contributed by atoms with Crippen LogP contribution in [0.4, 0.5) is 5.82 Å². The molecule has 1 heterocycles. The number of carbonyl (C=O) groups is 3. The van der Waals surface area contributed by atoms with Crippen LogP contribution in [0, 0.1) is 5.41 Å². The molecule has 0 saturated heterocycles. The van der Waals surface area contributed by atoms with Gasteiger partial charge in [-0.25, -0.2) is 4.68 Å². The van der Waals surface area contributed by atoms with Crippen LogP contribution in [0.3, 0.4) is 0 Å². The van der Waals surface area contributed by atoms with Crippen molar-refractivity contribution < 1.29 is 19.1 Å². The lowest BCUT2D eigenvalue weighted by atomic mass is 9.91. The summed E-state index contributed by atoms with van der Waals surface area (Å²) in [5.41, 5.74) is 14.4. The molecule has 1 aromatic heterocycles. The van der Waals surface area contributed by atoms with Crippen LogP contribution >= 0.6 is 0 Å². The third kappa shape index (κ3) is 9.33. The van der Waals surface area contributed by atoms with Crippen molar-refractivity contribution >= 4 is 23.4 Å². The van der Waals surface area contributed by atoms with E-state index in [4.69, 9.17) is 16.2 Å². The van der Waals surface area contributed by atoms with E-state index < -0.39 is 11.3 Å². The third-order valence-electron chi connectivity index (χ3n) is 6.08. The van der Waals surface area contributed by atoms with Gasteiger partial charge in [-0.1, -0.05) is 93.6 Å². The maximum atomic E-state index is 12.5. The normalized spacial score (nSPS) is 11.2. The first-order valence-corrected chi connectivity index (χ1v) is 13.4. The summed E-state index contributed by atoms with van der Waals surface area (Å²) in [7, 11) is 1.51. The molecule has 3 aromatic rings. The summed E-state index contributed by atoms with van der Waals surface area (Å²) in [5, 5.41) is 7.26. The molecule has 2 amide bonds. The van der Waals surface area contributed by atoms with Crippen LogP contribution in [0.5, 0.6) is 5.75 Å². The molecule has 2 aromatic carbocycles. The molecule has 222 valence electrons. The molecular formula is C33H41N5O4. The molecule has 0 fully saturated rings. The number of methoxy groups -OCH3 is 1. The summed E-state index contributed by atoms with van der Waals surface area (Å²) in [6.07, 6.45) is 7.91. The number of primary amides is 1. The number of para-hydroxylation sites is 1. The second-order valence-corrected chi connectivity index (χ2v) is 10.6. The Kier molecular flexibility index (Phi) is 12.0. The number of nitrogens with zero attached hydrogens (tertiary/aromatic N) is 2. The molecule has 0 bridgehead atoms. The van der Waals surface area contributed by atoms with E-state index in [1.54, 1.807) is 69.3 Å². The number of carbonyl (C=O) groups excluding carboxylic acids is 3. The highest BCUT2D eigenvalue weighted by atomic mass is 16.5. The zero-order valence-electron chi connectivity index (χ0n) is 25.2. The number of hydrogen-bond acceptors (Lipinski definition) is 6. The molecular weight excluding hydrogens is 530 g/mol. The Labute approximate surface area is 247 Å². The fraction of sp³-hybridized carbons (Fsp3) is 0.273. The highest BCUT2D eigenvalue weighted by molar-refractivity contribution is 6.03. The van der Waals surface area contributed by atoms with Crippen LogP contribution in [0.15, 0.2) is 85.0 Å². The van der Waals surface area contributed by atoms with E-state index >= 15 is 0 Å². The summed E-state index contributed by atoms with van der Waals surface area (Å²) < 4.78 is 6.54. The van der Waals surface area contributed by atoms with Crippen LogP contribution in [-0.4, -0.2) is 34.5 Å². The molecule has 9 heteroatoms. The van der Waals surface area contributed by atoms with Gasteiger partial charge in [-0.2, -0.15) is 5.10 Å². The number of hydrogen-bond donors (Lipinski definition) is 3. The van der Waals surface area contributed by atoms with Gasteiger partial charge in [0.2, 0.25) is 0 Å². The standard InChI is InChI=1S/C25H29N5O4.C8H12/c1-25(2,3)19(31)14-30-22(26)20(23(27)32)21(29-30)16-11-9-15(10-12-16)13-28-24(33)17-7-5-6-8-18(17)34-4;1-4-5-6-7-8(2)3/h5-12H,13-14,26H2,1-4H3,(H2,27,32)(H,28,33);4-7H,2H2,1,3H3/b;5-4-,7-6-. The van der Waals surface area contributed by atoms with Crippen molar-refractivity contribution in [1.29, 1.82) is 0 Å². The minimum Gasteiger partial charge on any atom is -0.496 e. The van der Waals surface area contributed by atoms with E-state index in [9.17, 15) is 14.4 Å². The predicted molar refractivity (Wildman–Crippen MR) is 168 cm³/mol. The first-order valence-electron chi connectivity index (χ1n) is 13.4. The van der Waals surface area contributed by atoms with Gasteiger partial charge in [0.25, 0.3) is 11.8 Å². The van der Waals surface area contributed by atoms with Gasteiger partial charge >= 0.3 is 0 Å². The summed E-state index contributed by atoms with van der Waals surface area (Å²) in [5.74, 6) is -0.520. The Balaban J connectivity index is 0.000000675. The van der Waals surface area contributed by atoms with Crippen LogP contribution in [0.25, 0.3) is 11.3 Å². The van der Waals surface area contributed by atoms with E-state index in [1.165, 1.54) is 11.8 Å². The van der Waals surface area contributed by atoms with E-state index in [1.807, 2.05) is 38.2 Å². The van der Waals surface area contributed by atoms with Gasteiger partial charge in [0.15, 0.2) is 5.78 Å². The molecule has 3 rings (SSSR count). The number of allylic oxidation sites excluding steroid dienone is 5. The number of nitrogen functional groups attached to an aromatic ring is 1. The zero-order chi connectivity index (χ0) is 31.4. The molecule has 9 nitrogen and oxygen atoms in total. The Hall–Kier alpha value is -4.92. The first kappa shape index (κ1) is 33.3. The van der Waals surface area contributed by atoms with Crippen molar-refractivity contribution in [3.63, 3.8) is 0 Å². The van der Waals surface area contributed by atoms with E-state index in [0.717, 1.165) is 11.1 Å². The molecule has 0 aliphatic carbocycles. The number of nitrogens with one attached hydrogen (secondary N) is 1. The molecule has 0 unspecified atom stereocenters.